The fourth-order valence-electron chi connectivity index (χ4n) is 4.38. The van der Waals surface area contributed by atoms with Crippen LogP contribution in [0.15, 0.2) is 66.9 Å². The number of aromatic nitrogens is 1. The Morgan fingerprint density at radius 2 is 1.81 bits per heavy atom. The maximum Gasteiger partial charge on any atom is 0.306 e. The lowest BCUT2D eigenvalue weighted by Gasteiger charge is -2.25. The highest BCUT2D eigenvalue weighted by molar-refractivity contribution is 6.01. The van der Waals surface area contributed by atoms with Gasteiger partial charge in [-0.15, -0.1) is 0 Å². The van der Waals surface area contributed by atoms with E-state index in [9.17, 15) is 14.4 Å². The standard InChI is InChI=1S/C29H31N3O4/c1-29(2,3)36-26(33)14-13-25(27(30)34)32-18-22-16-21(10-11-23(22)28(32)35)24-12-9-20(17-31-24)15-19-7-5-4-6-8-19/h4-12,16-17,25H,13-15,18H2,1-3H3,(H2,30,34). The lowest BCUT2D eigenvalue weighted by Crippen LogP contribution is -2.45. The average molecular weight is 486 g/mol. The summed E-state index contributed by atoms with van der Waals surface area (Å²) in [6.45, 7) is 5.58. The third-order valence-electron chi connectivity index (χ3n) is 6.06. The molecule has 2 N–H and O–H groups in total. The van der Waals surface area contributed by atoms with Crippen molar-refractivity contribution in [2.75, 3.05) is 0 Å². The number of carbonyl (C=O) groups is 3. The molecule has 186 valence electrons. The van der Waals surface area contributed by atoms with Gasteiger partial charge in [0, 0.05) is 30.3 Å². The second kappa shape index (κ2) is 10.3. The lowest BCUT2D eigenvalue weighted by atomic mass is 10.0. The predicted molar refractivity (Wildman–Crippen MR) is 137 cm³/mol. The van der Waals surface area contributed by atoms with E-state index < -0.39 is 23.5 Å². The second-order valence-electron chi connectivity index (χ2n) is 10.1. The number of rotatable bonds is 8. The molecule has 1 aromatic heterocycles. The van der Waals surface area contributed by atoms with Gasteiger partial charge in [0.15, 0.2) is 0 Å². The van der Waals surface area contributed by atoms with Crippen LogP contribution in [0.4, 0.5) is 0 Å². The first-order chi connectivity index (χ1) is 17.1. The number of fused-ring (bicyclic) bond motifs is 1. The minimum Gasteiger partial charge on any atom is -0.460 e. The molecule has 2 amide bonds. The Balaban J connectivity index is 1.46. The molecule has 36 heavy (non-hydrogen) atoms. The van der Waals surface area contributed by atoms with Gasteiger partial charge >= 0.3 is 5.97 Å². The van der Waals surface area contributed by atoms with Crippen LogP contribution in [0, 0.1) is 0 Å². The van der Waals surface area contributed by atoms with Gasteiger partial charge in [0.05, 0.1) is 5.69 Å². The number of carbonyl (C=O) groups excluding carboxylic acids is 3. The second-order valence-corrected chi connectivity index (χ2v) is 10.1. The van der Waals surface area contributed by atoms with Crippen molar-refractivity contribution in [3.8, 4) is 11.3 Å². The molecule has 1 unspecified atom stereocenters. The summed E-state index contributed by atoms with van der Waals surface area (Å²) in [4.78, 5) is 43.5. The Hall–Kier alpha value is -4.00. The van der Waals surface area contributed by atoms with E-state index in [0.29, 0.717) is 5.56 Å². The Morgan fingerprint density at radius 3 is 2.44 bits per heavy atom. The van der Waals surface area contributed by atoms with Gasteiger partial charge in [-0.2, -0.15) is 0 Å². The van der Waals surface area contributed by atoms with Gasteiger partial charge in [-0.3, -0.25) is 19.4 Å². The van der Waals surface area contributed by atoms with E-state index in [2.05, 4.69) is 23.2 Å². The molecule has 1 atom stereocenters. The van der Waals surface area contributed by atoms with Crippen LogP contribution in [0.25, 0.3) is 11.3 Å². The number of nitrogens with two attached hydrogens (primary N) is 1. The quantitative estimate of drug-likeness (QED) is 0.480. The number of ether oxygens (including phenoxy) is 1. The summed E-state index contributed by atoms with van der Waals surface area (Å²) < 4.78 is 5.32. The zero-order valence-corrected chi connectivity index (χ0v) is 20.9. The summed E-state index contributed by atoms with van der Waals surface area (Å²) in [5, 5.41) is 0. The molecule has 0 bridgehead atoms. The molecule has 2 heterocycles. The maximum atomic E-state index is 13.1. The van der Waals surface area contributed by atoms with Gasteiger partial charge in [0.2, 0.25) is 5.91 Å². The molecule has 1 aliphatic rings. The molecule has 0 radical (unpaired) electrons. The molecule has 0 aliphatic carbocycles. The number of hydrogen-bond acceptors (Lipinski definition) is 5. The fourth-order valence-corrected chi connectivity index (χ4v) is 4.38. The molecule has 2 aromatic carbocycles. The van der Waals surface area contributed by atoms with E-state index in [0.717, 1.165) is 28.8 Å². The van der Waals surface area contributed by atoms with Crippen molar-refractivity contribution in [2.45, 2.75) is 58.2 Å². The molecule has 1 aliphatic heterocycles. The van der Waals surface area contributed by atoms with Crippen molar-refractivity contribution in [3.63, 3.8) is 0 Å². The number of esters is 1. The summed E-state index contributed by atoms with van der Waals surface area (Å²) in [6.07, 6.45) is 2.78. The van der Waals surface area contributed by atoms with Crippen LogP contribution in [-0.4, -0.2) is 39.3 Å². The molecular weight excluding hydrogens is 454 g/mol. The highest BCUT2D eigenvalue weighted by Crippen LogP contribution is 2.30. The number of benzene rings is 2. The van der Waals surface area contributed by atoms with Crippen LogP contribution in [0.2, 0.25) is 0 Å². The van der Waals surface area contributed by atoms with Crippen LogP contribution in [0.3, 0.4) is 0 Å². The highest BCUT2D eigenvalue weighted by atomic mass is 16.6. The van der Waals surface area contributed by atoms with E-state index in [4.69, 9.17) is 10.5 Å². The van der Waals surface area contributed by atoms with Gasteiger partial charge in [-0.1, -0.05) is 42.5 Å². The van der Waals surface area contributed by atoms with Crippen molar-refractivity contribution in [1.82, 2.24) is 9.88 Å². The highest BCUT2D eigenvalue weighted by Gasteiger charge is 2.36. The molecule has 0 fully saturated rings. The molecular formula is C29H31N3O4. The molecule has 0 spiro atoms. The molecule has 0 saturated heterocycles. The van der Waals surface area contributed by atoms with E-state index in [1.54, 1.807) is 26.8 Å². The van der Waals surface area contributed by atoms with Crippen LogP contribution in [0.1, 0.15) is 60.7 Å². The lowest BCUT2D eigenvalue weighted by molar-refractivity contribution is -0.155. The van der Waals surface area contributed by atoms with E-state index in [1.165, 1.54) is 10.5 Å². The minimum atomic E-state index is -0.892. The van der Waals surface area contributed by atoms with Gasteiger partial charge in [0.1, 0.15) is 11.6 Å². The Bertz CT molecular complexity index is 1260. The first-order valence-electron chi connectivity index (χ1n) is 12.0. The summed E-state index contributed by atoms with van der Waals surface area (Å²) in [6, 6.07) is 18.9. The molecule has 4 rings (SSSR count). The Kier molecular flexibility index (Phi) is 7.20. The number of nitrogens with zero attached hydrogens (tertiary/aromatic N) is 2. The number of pyridine rings is 1. The third-order valence-corrected chi connectivity index (χ3v) is 6.06. The van der Waals surface area contributed by atoms with Crippen LogP contribution >= 0.6 is 0 Å². The van der Waals surface area contributed by atoms with Crippen LogP contribution in [0.5, 0.6) is 0 Å². The number of primary amides is 1. The SMILES string of the molecule is CC(C)(C)OC(=O)CCC(C(N)=O)N1Cc2cc(-c3ccc(Cc4ccccc4)cn3)ccc2C1=O. The van der Waals surface area contributed by atoms with Gasteiger partial charge in [-0.25, -0.2) is 0 Å². The van der Waals surface area contributed by atoms with Crippen LogP contribution < -0.4 is 5.73 Å². The molecule has 3 aromatic rings. The van der Waals surface area contributed by atoms with Crippen molar-refractivity contribution in [3.05, 3.63) is 89.1 Å². The molecule has 7 nitrogen and oxygen atoms in total. The van der Waals surface area contributed by atoms with Crippen molar-refractivity contribution in [2.24, 2.45) is 5.73 Å². The summed E-state index contributed by atoms with van der Waals surface area (Å²) in [5.74, 6) is -1.34. The first-order valence-corrected chi connectivity index (χ1v) is 12.0. The topological polar surface area (TPSA) is 103 Å². The zero-order valence-electron chi connectivity index (χ0n) is 20.9. The third kappa shape index (κ3) is 5.97. The van der Waals surface area contributed by atoms with E-state index >= 15 is 0 Å². The van der Waals surface area contributed by atoms with Crippen molar-refractivity contribution in [1.29, 1.82) is 0 Å². The number of hydrogen-bond donors (Lipinski definition) is 1. The van der Waals surface area contributed by atoms with Gasteiger partial charge in [-0.05, 0) is 68.5 Å². The van der Waals surface area contributed by atoms with Gasteiger partial charge in [0.25, 0.3) is 5.91 Å². The van der Waals surface area contributed by atoms with Crippen LogP contribution in [-0.2, 0) is 27.3 Å². The van der Waals surface area contributed by atoms with Crippen molar-refractivity contribution < 1.29 is 19.1 Å². The predicted octanol–water partition coefficient (Wildman–Crippen LogP) is 4.27. The summed E-state index contributed by atoms with van der Waals surface area (Å²) in [7, 11) is 0. The van der Waals surface area contributed by atoms with E-state index in [1.807, 2.05) is 42.6 Å². The summed E-state index contributed by atoms with van der Waals surface area (Å²) in [5.41, 5.74) is 10.4. The summed E-state index contributed by atoms with van der Waals surface area (Å²) >= 11 is 0. The smallest absolute Gasteiger partial charge is 0.306 e. The van der Waals surface area contributed by atoms with E-state index in [-0.39, 0.29) is 25.3 Å². The van der Waals surface area contributed by atoms with Crippen molar-refractivity contribution >= 4 is 17.8 Å². The fraction of sp³-hybridized carbons (Fsp3) is 0.310. The Morgan fingerprint density at radius 1 is 1.06 bits per heavy atom. The Labute approximate surface area is 211 Å². The molecule has 7 heteroatoms. The maximum absolute atomic E-state index is 13.1. The number of amides is 2. The average Bonchev–Trinajstić information content (AvgIpc) is 3.14. The minimum absolute atomic E-state index is 0.00446. The first kappa shape index (κ1) is 25.1. The molecule has 0 saturated carbocycles. The van der Waals surface area contributed by atoms with Gasteiger partial charge < -0.3 is 15.4 Å². The zero-order chi connectivity index (χ0) is 25.9. The monoisotopic (exact) mass is 485 g/mol. The largest absolute Gasteiger partial charge is 0.460 e. The normalized spacial score (nSPS) is 13.9.